The average molecular weight is 381 g/mol. The quantitative estimate of drug-likeness (QED) is 0.439. The van der Waals surface area contributed by atoms with E-state index in [0.717, 1.165) is 32.9 Å². The first-order chi connectivity index (χ1) is 13.8. The summed E-state index contributed by atoms with van der Waals surface area (Å²) in [5, 5.41) is 3.49. The number of benzene rings is 3. The number of aromatic nitrogens is 1. The van der Waals surface area contributed by atoms with E-state index < -0.39 is 0 Å². The Morgan fingerprint density at radius 2 is 1.38 bits per heavy atom. The molecule has 0 radical (unpaired) electrons. The molecule has 1 aliphatic heterocycles. The van der Waals surface area contributed by atoms with Crippen LogP contribution in [0.4, 0.5) is 0 Å². The molecule has 5 rings (SSSR count). The van der Waals surface area contributed by atoms with E-state index in [-0.39, 0.29) is 18.3 Å². The molecular weight excluding hydrogens is 357 g/mol. The molecule has 0 unspecified atom stereocenters. The summed E-state index contributed by atoms with van der Waals surface area (Å²) in [5.74, 6) is 0. The first-order valence-corrected chi connectivity index (χ1v) is 10.1. The Hall–Kier alpha value is -2.69. The van der Waals surface area contributed by atoms with Crippen LogP contribution in [0.1, 0.15) is 27.7 Å². The van der Waals surface area contributed by atoms with Crippen molar-refractivity contribution in [2.75, 3.05) is 0 Å². The number of rotatable bonds is 2. The highest BCUT2D eigenvalue weighted by atomic mass is 16.7. The topological polar surface area (TPSA) is 31.4 Å². The third kappa shape index (κ3) is 3.04. The zero-order valence-corrected chi connectivity index (χ0v) is 17.3. The molecule has 4 heteroatoms. The smallest absolute Gasteiger partial charge is 0.399 e. The van der Waals surface area contributed by atoms with Crippen molar-refractivity contribution in [2.45, 2.75) is 38.9 Å². The van der Waals surface area contributed by atoms with Gasteiger partial charge < -0.3 is 9.31 Å². The van der Waals surface area contributed by atoms with Gasteiger partial charge in [0, 0.05) is 11.6 Å². The molecule has 0 aliphatic carbocycles. The molecular formula is C25H24BNO2. The van der Waals surface area contributed by atoms with Gasteiger partial charge in [-0.05, 0) is 73.3 Å². The predicted molar refractivity (Wildman–Crippen MR) is 120 cm³/mol. The molecule has 1 aromatic heterocycles. The fraction of sp³-hybridized carbons (Fsp3) is 0.240. The van der Waals surface area contributed by atoms with Gasteiger partial charge in [-0.1, -0.05) is 48.5 Å². The molecule has 0 amide bonds. The van der Waals surface area contributed by atoms with Gasteiger partial charge in [-0.2, -0.15) is 0 Å². The van der Waals surface area contributed by atoms with Crippen molar-refractivity contribution in [2.24, 2.45) is 0 Å². The highest BCUT2D eigenvalue weighted by Gasteiger charge is 2.52. The van der Waals surface area contributed by atoms with E-state index in [2.05, 4.69) is 93.3 Å². The van der Waals surface area contributed by atoms with Crippen molar-refractivity contribution in [1.82, 2.24) is 4.98 Å². The Morgan fingerprint density at radius 3 is 2.14 bits per heavy atom. The van der Waals surface area contributed by atoms with Crippen LogP contribution in [0.25, 0.3) is 32.8 Å². The van der Waals surface area contributed by atoms with Crippen LogP contribution < -0.4 is 5.46 Å². The molecule has 1 saturated heterocycles. The molecule has 1 fully saturated rings. The molecule has 29 heavy (non-hydrogen) atoms. The summed E-state index contributed by atoms with van der Waals surface area (Å²) >= 11 is 0. The van der Waals surface area contributed by atoms with Gasteiger partial charge in [-0.3, -0.25) is 4.98 Å². The number of hydrogen-bond donors (Lipinski definition) is 0. The van der Waals surface area contributed by atoms with Crippen LogP contribution in [0.5, 0.6) is 0 Å². The molecule has 144 valence electrons. The minimum atomic E-state index is -0.378. The van der Waals surface area contributed by atoms with Gasteiger partial charge in [0.15, 0.2) is 0 Å². The first kappa shape index (κ1) is 18.4. The first-order valence-electron chi connectivity index (χ1n) is 10.1. The van der Waals surface area contributed by atoms with E-state index in [1.807, 2.05) is 12.3 Å². The molecule has 0 saturated carbocycles. The maximum absolute atomic E-state index is 6.33. The van der Waals surface area contributed by atoms with E-state index in [9.17, 15) is 0 Å². The minimum absolute atomic E-state index is 0.360. The lowest BCUT2D eigenvalue weighted by atomic mass is 9.75. The SMILES string of the molecule is CC1(C)OB(c2cccc3ccc(-c4ccc5cccnc5c4)cc23)OC1(C)C. The van der Waals surface area contributed by atoms with Crippen molar-refractivity contribution in [3.63, 3.8) is 0 Å². The van der Waals surface area contributed by atoms with Crippen molar-refractivity contribution in [3.8, 4) is 11.1 Å². The van der Waals surface area contributed by atoms with Gasteiger partial charge in [0.05, 0.1) is 16.7 Å². The lowest BCUT2D eigenvalue weighted by Gasteiger charge is -2.32. The van der Waals surface area contributed by atoms with E-state index >= 15 is 0 Å². The molecule has 0 spiro atoms. The largest absolute Gasteiger partial charge is 0.495 e. The number of nitrogens with zero attached hydrogens (tertiary/aromatic N) is 1. The summed E-state index contributed by atoms with van der Waals surface area (Å²) < 4.78 is 12.7. The van der Waals surface area contributed by atoms with Crippen LogP contribution in [-0.4, -0.2) is 23.3 Å². The number of pyridine rings is 1. The zero-order chi connectivity index (χ0) is 20.2. The molecule has 0 bridgehead atoms. The number of hydrogen-bond acceptors (Lipinski definition) is 3. The molecule has 0 atom stereocenters. The summed E-state index contributed by atoms with van der Waals surface area (Å²) in [6.45, 7) is 8.36. The fourth-order valence-corrected chi connectivity index (χ4v) is 3.90. The maximum Gasteiger partial charge on any atom is 0.495 e. The van der Waals surface area contributed by atoms with E-state index in [4.69, 9.17) is 9.31 Å². The van der Waals surface area contributed by atoms with Crippen LogP contribution in [0.3, 0.4) is 0 Å². The predicted octanol–water partition coefficient (Wildman–Crippen LogP) is 5.35. The number of fused-ring (bicyclic) bond motifs is 2. The highest BCUT2D eigenvalue weighted by Crippen LogP contribution is 2.37. The van der Waals surface area contributed by atoms with Crippen molar-refractivity contribution in [3.05, 3.63) is 72.9 Å². The second-order valence-electron chi connectivity index (χ2n) is 8.78. The van der Waals surface area contributed by atoms with E-state index in [1.165, 1.54) is 5.39 Å². The molecule has 3 nitrogen and oxygen atoms in total. The fourth-order valence-electron chi connectivity index (χ4n) is 3.90. The van der Waals surface area contributed by atoms with Crippen molar-refractivity contribution < 1.29 is 9.31 Å². The lowest BCUT2D eigenvalue weighted by molar-refractivity contribution is 0.00578. The normalized spacial score (nSPS) is 17.9. The molecule has 2 heterocycles. The third-order valence-electron chi connectivity index (χ3n) is 6.36. The Morgan fingerprint density at radius 1 is 0.724 bits per heavy atom. The van der Waals surface area contributed by atoms with Gasteiger partial charge in [-0.15, -0.1) is 0 Å². The van der Waals surface area contributed by atoms with Crippen LogP contribution >= 0.6 is 0 Å². The van der Waals surface area contributed by atoms with Crippen LogP contribution in [0.15, 0.2) is 72.9 Å². The maximum atomic E-state index is 6.33. The summed E-state index contributed by atoms with van der Waals surface area (Å²) in [5.41, 5.74) is 3.67. The van der Waals surface area contributed by atoms with Gasteiger partial charge >= 0.3 is 7.12 Å². The second-order valence-corrected chi connectivity index (χ2v) is 8.78. The van der Waals surface area contributed by atoms with Crippen molar-refractivity contribution >= 4 is 34.3 Å². The van der Waals surface area contributed by atoms with Gasteiger partial charge in [0.2, 0.25) is 0 Å². The van der Waals surface area contributed by atoms with Gasteiger partial charge in [0.1, 0.15) is 0 Å². The minimum Gasteiger partial charge on any atom is -0.399 e. The Kier molecular flexibility index (Phi) is 4.06. The highest BCUT2D eigenvalue weighted by molar-refractivity contribution is 6.65. The van der Waals surface area contributed by atoms with E-state index in [1.54, 1.807) is 0 Å². The molecule has 3 aromatic carbocycles. The Labute approximate surface area is 171 Å². The van der Waals surface area contributed by atoms with Crippen LogP contribution in [-0.2, 0) is 9.31 Å². The average Bonchev–Trinajstić information content (AvgIpc) is 2.93. The van der Waals surface area contributed by atoms with Gasteiger partial charge in [-0.25, -0.2) is 0 Å². The van der Waals surface area contributed by atoms with E-state index in [0.29, 0.717) is 0 Å². The Balaban J connectivity index is 1.62. The summed E-state index contributed by atoms with van der Waals surface area (Å²) in [6, 6.07) is 23.4. The molecule has 1 aliphatic rings. The van der Waals surface area contributed by atoms with Crippen LogP contribution in [0.2, 0.25) is 0 Å². The lowest BCUT2D eigenvalue weighted by Crippen LogP contribution is -2.41. The zero-order valence-electron chi connectivity index (χ0n) is 17.3. The molecule has 0 N–H and O–H groups in total. The van der Waals surface area contributed by atoms with Crippen molar-refractivity contribution in [1.29, 1.82) is 0 Å². The monoisotopic (exact) mass is 381 g/mol. The van der Waals surface area contributed by atoms with Gasteiger partial charge in [0.25, 0.3) is 0 Å². The van der Waals surface area contributed by atoms with Crippen LogP contribution in [0, 0.1) is 0 Å². The second kappa shape index (κ2) is 6.41. The summed E-state index contributed by atoms with van der Waals surface area (Å²) in [7, 11) is -0.378. The third-order valence-corrected chi connectivity index (χ3v) is 6.36. The summed E-state index contributed by atoms with van der Waals surface area (Å²) in [4.78, 5) is 4.50. The standard InChI is InChI=1S/C25H24BNO2/c1-24(2)25(3,4)29-26(28-24)22-9-5-7-17-10-12-19(15-21(17)22)20-13-11-18-8-6-14-27-23(18)16-20/h5-16H,1-4H3. The summed E-state index contributed by atoms with van der Waals surface area (Å²) in [6.07, 6.45) is 1.84. The molecule has 4 aromatic rings. The Bertz CT molecular complexity index is 1220.